The highest BCUT2D eigenvalue weighted by molar-refractivity contribution is 6.30. The highest BCUT2D eigenvalue weighted by Crippen LogP contribution is 2.31. The Hall–Kier alpha value is -1.32. The molecule has 0 heterocycles. The number of halogens is 1. The van der Waals surface area contributed by atoms with E-state index in [1.165, 1.54) is 6.08 Å². The van der Waals surface area contributed by atoms with Gasteiger partial charge < -0.3 is 9.84 Å². The van der Waals surface area contributed by atoms with Crippen LogP contribution in [0.25, 0.3) is 0 Å². The number of benzene rings is 1. The van der Waals surface area contributed by atoms with Crippen molar-refractivity contribution >= 4 is 17.6 Å². The summed E-state index contributed by atoms with van der Waals surface area (Å²) in [5, 5.41) is 11.1. The van der Waals surface area contributed by atoms with Crippen molar-refractivity contribution < 1.29 is 14.6 Å². The van der Waals surface area contributed by atoms with Gasteiger partial charge in [-0.3, -0.25) is 4.79 Å². The summed E-state index contributed by atoms with van der Waals surface area (Å²) in [5.41, 5.74) is -0.789. The highest BCUT2D eigenvalue weighted by Gasteiger charge is 2.37. The number of ether oxygens (including phenoxy) is 1. The normalized spacial score (nSPS) is 15.6. The number of esters is 1. The molecule has 0 aliphatic rings. The number of aliphatic hydroxyl groups is 1. The molecule has 0 fully saturated rings. The van der Waals surface area contributed by atoms with Crippen LogP contribution in [0.5, 0.6) is 0 Å². The molecule has 4 heteroatoms. The molecule has 0 saturated carbocycles. The molecular weight excluding hydrogens is 252 g/mol. The molecule has 1 aromatic carbocycles. The van der Waals surface area contributed by atoms with Crippen molar-refractivity contribution in [3.8, 4) is 0 Å². The Morgan fingerprint density at radius 2 is 2.11 bits per heavy atom. The van der Waals surface area contributed by atoms with Crippen molar-refractivity contribution in [2.45, 2.75) is 19.4 Å². The summed E-state index contributed by atoms with van der Waals surface area (Å²) in [6, 6.07) is 6.68. The maximum absolute atomic E-state index is 11.8. The number of hydrogen-bond acceptors (Lipinski definition) is 3. The predicted octanol–water partition coefficient (Wildman–Crippen LogP) is 2.91. The molecule has 1 aromatic rings. The highest BCUT2D eigenvalue weighted by atomic mass is 35.5. The number of carbonyl (C=O) groups excluding carboxylic acids is 1. The van der Waals surface area contributed by atoms with Gasteiger partial charge in [-0.15, -0.1) is 6.58 Å². The zero-order chi connectivity index (χ0) is 13.8. The summed E-state index contributed by atoms with van der Waals surface area (Å²) in [4.78, 5) is 11.8. The van der Waals surface area contributed by atoms with Gasteiger partial charge >= 0.3 is 5.97 Å². The van der Waals surface area contributed by atoms with E-state index in [1.54, 1.807) is 38.1 Å². The maximum Gasteiger partial charge on any atom is 0.316 e. The van der Waals surface area contributed by atoms with Crippen LogP contribution in [0.15, 0.2) is 36.9 Å². The van der Waals surface area contributed by atoms with Crippen LogP contribution in [0.4, 0.5) is 0 Å². The van der Waals surface area contributed by atoms with Crippen LogP contribution in [-0.4, -0.2) is 17.7 Å². The second-order valence-corrected chi connectivity index (χ2v) is 4.56. The van der Waals surface area contributed by atoms with Gasteiger partial charge in [-0.1, -0.05) is 29.8 Å². The molecule has 1 rings (SSSR count). The van der Waals surface area contributed by atoms with Crippen molar-refractivity contribution in [2.75, 3.05) is 6.61 Å². The molecule has 2 atom stereocenters. The predicted molar refractivity (Wildman–Crippen MR) is 71.3 cm³/mol. The Morgan fingerprint density at radius 1 is 1.56 bits per heavy atom. The third-order valence-electron chi connectivity index (χ3n) is 2.81. The Kier molecular flexibility index (Phi) is 4.93. The Labute approximate surface area is 112 Å². The summed E-state index contributed by atoms with van der Waals surface area (Å²) in [6.07, 6.45) is 1.40. The van der Waals surface area contributed by atoms with Gasteiger partial charge in [0, 0.05) is 5.02 Å². The van der Waals surface area contributed by atoms with E-state index in [2.05, 4.69) is 6.58 Å². The van der Waals surface area contributed by atoms with Gasteiger partial charge in [-0.05, 0) is 31.5 Å². The fourth-order valence-corrected chi connectivity index (χ4v) is 1.88. The largest absolute Gasteiger partial charge is 0.465 e. The van der Waals surface area contributed by atoms with E-state index < -0.39 is 17.5 Å². The van der Waals surface area contributed by atoms with Crippen LogP contribution in [0.1, 0.15) is 19.4 Å². The quantitative estimate of drug-likeness (QED) is 0.660. The molecule has 2 unspecified atom stereocenters. The van der Waals surface area contributed by atoms with Crippen LogP contribution < -0.4 is 0 Å². The van der Waals surface area contributed by atoms with E-state index in [-0.39, 0.29) is 6.61 Å². The zero-order valence-electron chi connectivity index (χ0n) is 10.5. The fraction of sp³-hybridized carbons (Fsp3) is 0.357. The molecule has 0 aromatic heterocycles. The standard InChI is InChI=1S/C14H17ClO3/c1-4-12(13(16)18-5-2)14(3,17)10-6-8-11(15)9-7-10/h4,6-9,12,17H,1,5H2,2-3H3. The molecule has 0 aliphatic heterocycles. The molecule has 0 bridgehead atoms. The van der Waals surface area contributed by atoms with Gasteiger partial charge in [0.1, 0.15) is 11.5 Å². The van der Waals surface area contributed by atoms with E-state index in [0.717, 1.165) is 0 Å². The van der Waals surface area contributed by atoms with E-state index >= 15 is 0 Å². The third kappa shape index (κ3) is 3.12. The minimum Gasteiger partial charge on any atom is -0.465 e. The van der Waals surface area contributed by atoms with Crippen LogP contribution in [0.2, 0.25) is 5.02 Å². The fourth-order valence-electron chi connectivity index (χ4n) is 1.75. The van der Waals surface area contributed by atoms with Crippen LogP contribution in [-0.2, 0) is 15.1 Å². The molecule has 0 amide bonds. The molecule has 0 saturated heterocycles. The summed E-state index contributed by atoms with van der Waals surface area (Å²) >= 11 is 5.79. The van der Waals surface area contributed by atoms with Gasteiger partial charge in [0.05, 0.1) is 6.61 Å². The first-order valence-corrected chi connectivity index (χ1v) is 6.08. The molecule has 1 N–H and O–H groups in total. The van der Waals surface area contributed by atoms with Crippen molar-refractivity contribution in [3.05, 3.63) is 47.5 Å². The Balaban J connectivity index is 3.05. The molecule has 18 heavy (non-hydrogen) atoms. The van der Waals surface area contributed by atoms with Gasteiger partial charge in [0.2, 0.25) is 0 Å². The van der Waals surface area contributed by atoms with E-state index in [4.69, 9.17) is 16.3 Å². The van der Waals surface area contributed by atoms with E-state index in [9.17, 15) is 9.90 Å². The maximum atomic E-state index is 11.8. The summed E-state index contributed by atoms with van der Waals surface area (Å²) in [5.74, 6) is -1.31. The van der Waals surface area contributed by atoms with Crippen molar-refractivity contribution in [2.24, 2.45) is 5.92 Å². The summed E-state index contributed by atoms with van der Waals surface area (Å²) in [6.45, 7) is 7.12. The van der Waals surface area contributed by atoms with Gasteiger partial charge in [-0.2, -0.15) is 0 Å². The molecule has 0 spiro atoms. The monoisotopic (exact) mass is 268 g/mol. The second kappa shape index (κ2) is 6.03. The lowest BCUT2D eigenvalue weighted by atomic mass is 9.83. The van der Waals surface area contributed by atoms with Crippen molar-refractivity contribution in [1.29, 1.82) is 0 Å². The summed E-state index contributed by atoms with van der Waals surface area (Å²) < 4.78 is 4.93. The molecule has 3 nitrogen and oxygen atoms in total. The van der Waals surface area contributed by atoms with E-state index in [1.807, 2.05) is 0 Å². The lowest BCUT2D eigenvalue weighted by Gasteiger charge is -2.29. The zero-order valence-corrected chi connectivity index (χ0v) is 11.3. The van der Waals surface area contributed by atoms with Crippen LogP contribution in [0.3, 0.4) is 0 Å². The van der Waals surface area contributed by atoms with Crippen molar-refractivity contribution in [3.63, 3.8) is 0 Å². The lowest BCUT2D eigenvalue weighted by molar-refractivity contribution is -0.154. The van der Waals surface area contributed by atoms with Crippen LogP contribution >= 0.6 is 11.6 Å². The first-order valence-electron chi connectivity index (χ1n) is 5.71. The third-order valence-corrected chi connectivity index (χ3v) is 3.06. The molecular formula is C14H17ClO3. The smallest absolute Gasteiger partial charge is 0.316 e. The lowest BCUT2D eigenvalue weighted by Crippen LogP contribution is -2.37. The van der Waals surface area contributed by atoms with Gasteiger partial charge in [0.15, 0.2) is 0 Å². The Morgan fingerprint density at radius 3 is 2.56 bits per heavy atom. The second-order valence-electron chi connectivity index (χ2n) is 4.12. The minimum atomic E-state index is -1.38. The SMILES string of the molecule is C=CC(C(=O)OCC)C(C)(O)c1ccc(Cl)cc1. The van der Waals surface area contributed by atoms with Gasteiger partial charge in [0.25, 0.3) is 0 Å². The topological polar surface area (TPSA) is 46.5 Å². The first-order chi connectivity index (χ1) is 8.43. The molecule has 98 valence electrons. The number of rotatable bonds is 5. The van der Waals surface area contributed by atoms with Crippen LogP contribution in [0, 0.1) is 5.92 Å². The average Bonchev–Trinajstić information content (AvgIpc) is 2.30. The van der Waals surface area contributed by atoms with Crippen molar-refractivity contribution in [1.82, 2.24) is 0 Å². The molecule has 0 radical (unpaired) electrons. The van der Waals surface area contributed by atoms with Gasteiger partial charge in [-0.25, -0.2) is 0 Å². The minimum absolute atomic E-state index is 0.264. The Bertz CT molecular complexity index is 423. The molecule has 0 aliphatic carbocycles. The average molecular weight is 269 g/mol. The number of hydrogen-bond donors (Lipinski definition) is 1. The number of carbonyl (C=O) groups is 1. The first kappa shape index (κ1) is 14.7. The van der Waals surface area contributed by atoms with E-state index in [0.29, 0.717) is 10.6 Å². The summed E-state index contributed by atoms with van der Waals surface area (Å²) in [7, 11) is 0.